The van der Waals surface area contributed by atoms with Crippen molar-refractivity contribution in [1.29, 1.82) is 0 Å². The van der Waals surface area contributed by atoms with Crippen LogP contribution in [0.3, 0.4) is 0 Å². The molecule has 0 spiro atoms. The van der Waals surface area contributed by atoms with Gasteiger partial charge in [0.2, 0.25) is 0 Å². The number of nitrogens with zero attached hydrogens (tertiary/aromatic N) is 1. The van der Waals surface area contributed by atoms with Gasteiger partial charge in [0.15, 0.2) is 0 Å². The van der Waals surface area contributed by atoms with Crippen LogP contribution in [-0.4, -0.2) is 4.98 Å². The lowest BCUT2D eigenvalue weighted by Crippen LogP contribution is -1.90. The van der Waals surface area contributed by atoms with Crippen LogP contribution in [-0.2, 0) is 0 Å². The van der Waals surface area contributed by atoms with E-state index in [2.05, 4.69) is 17.1 Å². The molecule has 0 saturated heterocycles. The molecule has 1 aromatic heterocycles. The first-order valence-electron chi connectivity index (χ1n) is 5.46. The van der Waals surface area contributed by atoms with E-state index < -0.39 is 0 Å². The predicted molar refractivity (Wildman–Crippen MR) is 74.2 cm³/mol. The summed E-state index contributed by atoms with van der Waals surface area (Å²) in [6, 6.07) is 14.2. The van der Waals surface area contributed by atoms with Gasteiger partial charge >= 0.3 is 0 Å². The van der Waals surface area contributed by atoms with Crippen molar-refractivity contribution in [2.75, 3.05) is 5.73 Å². The number of hydrogen-bond acceptors (Lipinski definition) is 3. The normalized spacial score (nSPS) is 10.9. The summed E-state index contributed by atoms with van der Waals surface area (Å²) in [6.07, 6.45) is 0. The van der Waals surface area contributed by atoms with E-state index in [-0.39, 0.29) is 0 Å². The van der Waals surface area contributed by atoms with Gasteiger partial charge in [-0.05, 0) is 36.8 Å². The topological polar surface area (TPSA) is 38.9 Å². The molecule has 0 aliphatic carbocycles. The fourth-order valence-corrected chi connectivity index (χ4v) is 2.88. The largest absolute Gasteiger partial charge is 0.398 e. The molecule has 3 heteroatoms. The zero-order valence-corrected chi connectivity index (χ0v) is 10.3. The van der Waals surface area contributed by atoms with E-state index in [1.54, 1.807) is 11.3 Å². The molecule has 17 heavy (non-hydrogen) atoms. The molecular formula is C14H12N2S. The Bertz CT molecular complexity index is 653. The van der Waals surface area contributed by atoms with E-state index >= 15 is 0 Å². The SMILES string of the molecule is Cc1ccc(-c2nc3ccccc3s2)c(N)c1. The molecular weight excluding hydrogens is 228 g/mol. The third-order valence-electron chi connectivity index (χ3n) is 2.73. The van der Waals surface area contributed by atoms with Gasteiger partial charge in [0.05, 0.1) is 10.2 Å². The number of aromatic nitrogens is 1. The number of thiazole rings is 1. The lowest BCUT2D eigenvalue weighted by atomic mass is 10.1. The van der Waals surface area contributed by atoms with Gasteiger partial charge in [-0.3, -0.25) is 0 Å². The molecule has 0 aliphatic heterocycles. The lowest BCUT2D eigenvalue weighted by Gasteiger charge is -2.02. The number of nitrogen functional groups attached to an aromatic ring is 1. The van der Waals surface area contributed by atoms with E-state index in [1.165, 1.54) is 10.3 Å². The van der Waals surface area contributed by atoms with Crippen molar-refractivity contribution in [3.63, 3.8) is 0 Å². The maximum atomic E-state index is 6.04. The maximum absolute atomic E-state index is 6.04. The smallest absolute Gasteiger partial charge is 0.126 e. The Balaban J connectivity index is 2.20. The van der Waals surface area contributed by atoms with Gasteiger partial charge in [-0.25, -0.2) is 4.98 Å². The van der Waals surface area contributed by atoms with Crippen molar-refractivity contribution in [3.05, 3.63) is 48.0 Å². The number of hydrogen-bond donors (Lipinski definition) is 1. The molecule has 2 aromatic carbocycles. The van der Waals surface area contributed by atoms with Gasteiger partial charge in [0, 0.05) is 11.3 Å². The van der Waals surface area contributed by atoms with Crippen LogP contribution in [0.15, 0.2) is 42.5 Å². The van der Waals surface area contributed by atoms with Crippen LogP contribution in [0.1, 0.15) is 5.56 Å². The van der Waals surface area contributed by atoms with E-state index in [0.717, 1.165) is 21.8 Å². The van der Waals surface area contributed by atoms with E-state index in [0.29, 0.717) is 0 Å². The molecule has 0 bridgehead atoms. The van der Waals surface area contributed by atoms with Crippen molar-refractivity contribution in [2.24, 2.45) is 0 Å². The summed E-state index contributed by atoms with van der Waals surface area (Å²) in [5.74, 6) is 0. The van der Waals surface area contributed by atoms with Gasteiger partial charge in [0.1, 0.15) is 5.01 Å². The minimum absolute atomic E-state index is 0.795. The third kappa shape index (κ3) is 1.78. The Kier molecular flexibility index (Phi) is 2.34. The van der Waals surface area contributed by atoms with Crippen LogP contribution in [0.2, 0.25) is 0 Å². The van der Waals surface area contributed by atoms with Crippen LogP contribution in [0, 0.1) is 6.92 Å². The van der Waals surface area contributed by atoms with Crippen LogP contribution in [0.4, 0.5) is 5.69 Å². The molecule has 84 valence electrons. The Labute approximate surface area is 104 Å². The van der Waals surface area contributed by atoms with Crippen molar-refractivity contribution in [3.8, 4) is 10.6 Å². The molecule has 0 radical (unpaired) electrons. The van der Waals surface area contributed by atoms with E-state index in [4.69, 9.17) is 5.73 Å². The van der Waals surface area contributed by atoms with Gasteiger partial charge in [-0.1, -0.05) is 18.2 Å². The molecule has 0 unspecified atom stereocenters. The summed E-state index contributed by atoms with van der Waals surface area (Å²) in [5, 5.41) is 0.990. The molecule has 0 aliphatic rings. The highest BCUT2D eigenvalue weighted by Gasteiger charge is 2.08. The van der Waals surface area contributed by atoms with Crippen LogP contribution < -0.4 is 5.73 Å². The van der Waals surface area contributed by atoms with Crippen LogP contribution >= 0.6 is 11.3 Å². The number of rotatable bonds is 1. The van der Waals surface area contributed by atoms with Gasteiger partial charge in [-0.15, -0.1) is 11.3 Å². The molecule has 0 saturated carbocycles. The second-order valence-electron chi connectivity index (χ2n) is 4.08. The number of para-hydroxylation sites is 1. The highest BCUT2D eigenvalue weighted by molar-refractivity contribution is 7.21. The fraction of sp³-hybridized carbons (Fsp3) is 0.0714. The fourth-order valence-electron chi connectivity index (χ4n) is 1.86. The van der Waals surface area contributed by atoms with Crippen LogP contribution in [0.5, 0.6) is 0 Å². The first-order valence-corrected chi connectivity index (χ1v) is 6.28. The average Bonchev–Trinajstić information content (AvgIpc) is 2.72. The first-order chi connectivity index (χ1) is 8.24. The summed E-state index contributed by atoms with van der Waals surface area (Å²) in [5.41, 5.74) is 10.1. The van der Waals surface area contributed by atoms with Crippen molar-refractivity contribution < 1.29 is 0 Å². The zero-order chi connectivity index (χ0) is 11.8. The monoisotopic (exact) mass is 240 g/mol. The molecule has 0 fully saturated rings. The standard InChI is InChI=1S/C14H12N2S/c1-9-6-7-10(11(15)8-9)14-16-12-4-2-3-5-13(12)17-14/h2-8H,15H2,1H3. The quantitative estimate of drug-likeness (QED) is 0.656. The van der Waals surface area contributed by atoms with Gasteiger partial charge in [0.25, 0.3) is 0 Å². The molecule has 0 amide bonds. The summed E-state index contributed by atoms with van der Waals surface area (Å²) in [7, 11) is 0. The number of fused-ring (bicyclic) bond motifs is 1. The average molecular weight is 240 g/mol. The molecule has 0 atom stereocenters. The minimum Gasteiger partial charge on any atom is -0.398 e. The molecule has 2 N–H and O–H groups in total. The second kappa shape index (κ2) is 3.86. The molecule has 1 heterocycles. The molecule has 3 rings (SSSR count). The molecule has 2 nitrogen and oxygen atoms in total. The third-order valence-corrected chi connectivity index (χ3v) is 3.80. The Morgan fingerprint density at radius 2 is 1.94 bits per heavy atom. The summed E-state index contributed by atoms with van der Waals surface area (Å²) in [4.78, 5) is 4.61. The Morgan fingerprint density at radius 3 is 2.71 bits per heavy atom. The highest BCUT2D eigenvalue weighted by Crippen LogP contribution is 2.33. The number of anilines is 1. The number of aryl methyl sites for hydroxylation is 1. The van der Waals surface area contributed by atoms with E-state index in [9.17, 15) is 0 Å². The summed E-state index contributed by atoms with van der Waals surface area (Å²) < 4.78 is 1.20. The number of benzene rings is 2. The molecule has 3 aromatic rings. The lowest BCUT2D eigenvalue weighted by molar-refractivity contribution is 1.44. The minimum atomic E-state index is 0.795. The Hall–Kier alpha value is -1.87. The zero-order valence-electron chi connectivity index (χ0n) is 9.47. The summed E-state index contributed by atoms with van der Waals surface area (Å²) >= 11 is 1.68. The maximum Gasteiger partial charge on any atom is 0.126 e. The first kappa shape index (κ1) is 10.3. The second-order valence-corrected chi connectivity index (χ2v) is 5.11. The van der Waals surface area contributed by atoms with Crippen LogP contribution in [0.25, 0.3) is 20.8 Å². The highest BCUT2D eigenvalue weighted by atomic mass is 32.1. The predicted octanol–water partition coefficient (Wildman–Crippen LogP) is 3.85. The van der Waals surface area contributed by atoms with Crippen molar-refractivity contribution in [1.82, 2.24) is 4.98 Å². The number of nitrogens with two attached hydrogens (primary N) is 1. The van der Waals surface area contributed by atoms with Gasteiger partial charge < -0.3 is 5.73 Å². The Morgan fingerprint density at radius 1 is 1.12 bits per heavy atom. The summed E-state index contributed by atoms with van der Waals surface area (Å²) in [6.45, 7) is 2.04. The van der Waals surface area contributed by atoms with E-state index in [1.807, 2.05) is 37.3 Å². The van der Waals surface area contributed by atoms with Gasteiger partial charge in [-0.2, -0.15) is 0 Å². The van der Waals surface area contributed by atoms with Crippen molar-refractivity contribution >= 4 is 27.2 Å². The van der Waals surface area contributed by atoms with Crippen molar-refractivity contribution in [2.45, 2.75) is 6.92 Å².